The number of pyridine rings is 3. The van der Waals surface area contributed by atoms with Gasteiger partial charge in [0.2, 0.25) is 0 Å². The van der Waals surface area contributed by atoms with E-state index < -0.39 is 11.5 Å². The Balaban J connectivity index is 1.72. The predicted molar refractivity (Wildman–Crippen MR) is 147 cm³/mol. The molecule has 1 N–H and O–H groups in total. The molecule has 0 saturated carbocycles. The van der Waals surface area contributed by atoms with Crippen molar-refractivity contribution in [3.63, 3.8) is 0 Å². The number of benzene rings is 1. The number of amides is 1. The number of anilines is 1. The maximum Gasteiger partial charge on any atom is 0.264 e. The molecule has 0 aliphatic rings. The van der Waals surface area contributed by atoms with Crippen molar-refractivity contribution in [2.75, 3.05) is 12.4 Å². The van der Waals surface area contributed by atoms with Crippen molar-refractivity contribution < 1.29 is 14.1 Å². The van der Waals surface area contributed by atoms with E-state index in [0.717, 1.165) is 11.1 Å². The third-order valence-electron chi connectivity index (χ3n) is 6.63. The summed E-state index contributed by atoms with van der Waals surface area (Å²) >= 11 is 0. The highest BCUT2D eigenvalue weighted by Gasteiger charge is 2.22. The molecule has 0 aliphatic heterocycles. The zero-order valence-corrected chi connectivity index (χ0v) is 22.2. The van der Waals surface area contributed by atoms with Crippen LogP contribution >= 0.6 is 0 Å². The summed E-state index contributed by atoms with van der Waals surface area (Å²) in [6, 6.07) is 12.2. The van der Waals surface area contributed by atoms with Gasteiger partial charge in [0, 0.05) is 42.0 Å². The van der Waals surface area contributed by atoms with Crippen LogP contribution in [0.25, 0.3) is 22.0 Å². The minimum Gasteiger partial charge on any atom is -0.496 e. The molecule has 4 heterocycles. The van der Waals surface area contributed by atoms with Crippen molar-refractivity contribution in [2.24, 2.45) is 7.05 Å². The van der Waals surface area contributed by atoms with Gasteiger partial charge in [-0.3, -0.25) is 19.4 Å². The van der Waals surface area contributed by atoms with Gasteiger partial charge in [-0.05, 0) is 51.1 Å². The molecule has 0 bridgehead atoms. The van der Waals surface area contributed by atoms with Crippen molar-refractivity contribution in [1.29, 1.82) is 0 Å². The van der Waals surface area contributed by atoms with Crippen LogP contribution in [0.5, 0.6) is 5.75 Å². The molecule has 5 rings (SSSR count). The smallest absolute Gasteiger partial charge is 0.264 e. The van der Waals surface area contributed by atoms with E-state index in [1.54, 1.807) is 51.5 Å². The number of carbonyl (C=O) groups is 1. The third kappa shape index (κ3) is 4.72. The lowest BCUT2D eigenvalue weighted by Gasteiger charge is -2.16. The van der Waals surface area contributed by atoms with Crippen LogP contribution in [-0.4, -0.2) is 32.3 Å². The summed E-state index contributed by atoms with van der Waals surface area (Å²) in [5, 5.41) is 7.48. The lowest BCUT2D eigenvalue weighted by molar-refractivity contribution is 0.102. The second-order valence-electron chi connectivity index (χ2n) is 9.36. The van der Waals surface area contributed by atoms with Crippen LogP contribution in [0.4, 0.5) is 5.69 Å². The number of hydrogen-bond donors (Lipinski definition) is 1. The van der Waals surface area contributed by atoms with Crippen LogP contribution in [0.1, 0.15) is 33.1 Å². The van der Waals surface area contributed by atoms with Gasteiger partial charge in [-0.2, -0.15) is 0 Å². The molecule has 0 fully saturated rings. The van der Waals surface area contributed by atoms with Gasteiger partial charge in [0.1, 0.15) is 17.1 Å². The summed E-state index contributed by atoms with van der Waals surface area (Å²) < 4.78 is 14.0. The monoisotopic (exact) mass is 525 g/mol. The lowest BCUT2D eigenvalue weighted by atomic mass is 9.99. The van der Waals surface area contributed by atoms with Crippen LogP contribution in [0.15, 0.2) is 69.0 Å². The molecule has 0 saturated heterocycles. The van der Waals surface area contributed by atoms with E-state index in [2.05, 4.69) is 15.5 Å². The Morgan fingerprint density at radius 2 is 1.87 bits per heavy atom. The minimum absolute atomic E-state index is 0.0557. The van der Waals surface area contributed by atoms with E-state index >= 15 is 0 Å². The highest BCUT2D eigenvalue weighted by Crippen LogP contribution is 2.37. The molecule has 39 heavy (non-hydrogen) atoms. The number of carbonyl (C=O) groups excluding carboxylic acids is 1. The molecule has 0 aliphatic carbocycles. The zero-order valence-electron chi connectivity index (χ0n) is 22.2. The largest absolute Gasteiger partial charge is 0.496 e. The first kappa shape index (κ1) is 25.7. The van der Waals surface area contributed by atoms with Gasteiger partial charge >= 0.3 is 0 Å². The maximum absolute atomic E-state index is 13.8. The average molecular weight is 526 g/mol. The lowest BCUT2D eigenvalue weighted by Crippen LogP contribution is -2.30. The SMILES string of the molecule is COc1cc2c(cc1-c1c(C)noc1C)cc(C(=O)Nc1cc(C)c(=O)n(C)c1)c(=O)n2Cc1ccccn1. The molecular weight excluding hydrogens is 498 g/mol. The number of aryl methyl sites for hydroxylation is 4. The number of aromatic nitrogens is 4. The highest BCUT2D eigenvalue weighted by atomic mass is 16.5. The summed E-state index contributed by atoms with van der Waals surface area (Å²) in [4.78, 5) is 43.7. The van der Waals surface area contributed by atoms with Crippen LogP contribution in [-0.2, 0) is 13.6 Å². The molecule has 0 unspecified atom stereocenters. The second-order valence-corrected chi connectivity index (χ2v) is 9.36. The van der Waals surface area contributed by atoms with Gasteiger partial charge < -0.3 is 23.7 Å². The van der Waals surface area contributed by atoms with Gasteiger partial charge in [0.25, 0.3) is 17.0 Å². The molecule has 4 aromatic heterocycles. The van der Waals surface area contributed by atoms with Crippen molar-refractivity contribution in [3.05, 3.63) is 104 Å². The molecule has 0 spiro atoms. The fraction of sp³-hybridized carbons (Fsp3) is 0.207. The van der Waals surface area contributed by atoms with E-state index in [-0.39, 0.29) is 17.7 Å². The topological polar surface area (TPSA) is 121 Å². The quantitative estimate of drug-likeness (QED) is 0.356. The molecule has 1 amide bonds. The van der Waals surface area contributed by atoms with Gasteiger partial charge in [-0.25, -0.2) is 0 Å². The summed E-state index contributed by atoms with van der Waals surface area (Å²) in [6.45, 7) is 5.46. The normalized spacial score (nSPS) is 11.1. The maximum atomic E-state index is 13.8. The molecule has 198 valence electrons. The van der Waals surface area contributed by atoms with Crippen LogP contribution < -0.4 is 21.2 Å². The average Bonchev–Trinajstić information content (AvgIpc) is 3.25. The number of nitrogens with zero attached hydrogens (tertiary/aromatic N) is 4. The summed E-state index contributed by atoms with van der Waals surface area (Å²) in [7, 11) is 3.16. The molecule has 0 radical (unpaired) electrons. The predicted octanol–water partition coefficient (Wildman–Crippen LogP) is 3.98. The first-order chi connectivity index (χ1) is 18.7. The van der Waals surface area contributed by atoms with Crippen molar-refractivity contribution in [1.82, 2.24) is 19.3 Å². The van der Waals surface area contributed by atoms with Crippen LogP contribution in [0.2, 0.25) is 0 Å². The number of hydrogen-bond acceptors (Lipinski definition) is 7. The standard InChI is InChI=1S/C29H27N5O5/c1-16-10-21(14-33(4)28(16)36)31-27(35)23-12-19-11-22(26-17(2)32-39-18(26)3)25(38-5)13-24(19)34(29(23)37)15-20-8-6-7-9-30-20/h6-14H,15H2,1-5H3,(H,31,35). The van der Waals surface area contributed by atoms with Crippen LogP contribution in [0.3, 0.4) is 0 Å². The first-order valence-electron chi connectivity index (χ1n) is 12.2. The van der Waals surface area contributed by atoms with E-state index in [0.29, 0.717) is 45.1 Å². The molecular formula is C29H27N5O5. The van der Waals surface area contributed by atoms with Gasteiger partial charge in [-0.15, -0.1) is 0 Å². The number of fused-ring (bicyclic) bond motifs is 1. The van der Waals surface area contributed by atoms with Gasteiger partial charge in [0.15, 0.2) is 0 Å². The number of ether oxygens (including phenoxy) is 1. The Labute approximate surface area is 223 Å². The first-order valence-corrected chi connectivity index (χ1v) is 12.2. The molecule has 10 heteroatoms. The minimum atomic E-state index is -0.593. The summed E-state index contributed by atoms with van der Waals surface area (Å²) in [5.74, 6) is 0.559. The molecule has 10 nitrogen and oxygen atoms in total. The van der Waals surface area contributed by atoms with Crippen molar-refractivity contribution in [2.45, 2.75) is 27.3 Å². The molecule has 0 atom stereocenters. The Morgan fingerprint density at radius 1 is 1.08 bits per heavy atom. The Morgan fingerprint density at radius 3 is 2.51 bits per heavy atom. The van der Waals surface area contributed by atoms with Crippen molar-refractivity contribution in [3.8, 4) is 16.9 Å². The Kier molecular flexibility index (Phi) is 6.61. The van der Waals surface area contributed by atoms with E-state index in [1.165, 1.54) is 15.3 Å². The number of rotatable bonds is 6. The highest BCUT2D eigenvalue weighted by molar-refractivity contribution is 6.06. The fourth-order valence-corrected chi connectivity index (χ4v) is 4.76. The second kappa shape index (κ2) is 10.1. The zero-order chi connectivity index (χ0) is 27.8. The Hall–Kier alpha value is -4.99. The van der Waals surface area contributed by atoms with Gasteiger partial charge in [0.05, 0.1) is 41.8 Å². The molecule has 5 aromatic rings. The van der Waals surface area contributed by atoms with E-state index in [4.69, 9.17) is 9.26 Å². The van der Waals surface area contributed by atoms with E-state index in [1.807, 2.05) is 32.0 Å². The van der Waals surface area contributed by atoms with Crippen LogP contribution in [0, 0.1) is 20.8 Å². The van der Waals surface area contributed by atoms with Crippen molar-refractivity contribution >= 4 is 22.5 Å². The third-order valence-corrected chi connectivity index (χ3v) is 6.63. The van der Waals surface area contributed by atoms with Gasteiger partial charge in [-0.1, -0.05) is 11.2 Å². The fourth-order valence-electron chi connectivity index (χ4n) is 4.76. The number of methoxy groups -OCH3 is 1. The summed E-state index contributed by atoms with van der Waals surface area (Å²) in [6.07, 6.45) is 3.17. The van der Waals surface area contributed by atoms with E-state index in [9.17, 15) is 14.4 Å². The number of nitrogens with one attached hydrogen (secondary N) is 1. The summed E-state index contributed by atoms with van der Waals surface area (Å²) in [5.41, 5.74) is 3.59. The Bertz CT molecular complexity index is 1810. The molecule has 1 aromatic carbocycles.